The lowest BCUT2D eigenvalue weighted by Gasteiger charge is -2.28. The summed E-state index contributed by atoms with van der Waals surface area (Å²) in [5.74, 6) is 0. The molecule has 0 saturated carbocycles. The van der Waals surface area contributed by atoms with Gasteiger partial charge in [-0.15, -0.1) is 0 Å². The molecule has 2 nitrogen and oxygen atoms in total. The van der Waals surface area contributed by atoms with E-state index >= 15 is 0 Å². The SMILES string of the molecule is CCC.Cc1ccccc1-c1cccc(-c2ccc(N(c3cc(-c4ccccc4)cc(-c4ccccc4)c3)c3cccc4c5cccc6c7c(n(c34)c65)C=CCC7)cc2)c1C. The Morgan fingerprint density at radius 2 is 1.05 bits per heavy atom. The van der Waals surface area contributed by atoms with Gasteiger partial charge >= 0.3 is 0 Å². The molecule has 0 amide bonds. The molecule has 0 unspecified atom stereocenters. The fraction of sp³-hybridized carbons (Fsp3) is 0.119. The van der Waals surface area contributed by atoms with Crippen LogP contribution in [0.1, 0.15) is 49.1 Å². The second kappa shape index (κ2) is 16.1. The molecule has 10 aromatic rings. The monoisotopic (exact) mass is 786 g/mol. The molecule has 296 valence electrons. The molecule has 0 atom stereocenters. The van der Waals surface area contributed by atoms with Crippen molar-refractivity contribution in [2.75, 3.05) is 4.90 Å². The van der Waals surface area contributed by atoms with Crippen molar-refractivity contribution in [1.82, 2.24) is 4.40 Å². The van der Waals surface area contributed by atoms with Gasteiger partial charge in [-0.05, 0) is 130 Å². The molecule has 1 aliphatic carbocycles. The molecule has 2 heterocycles. The maximum atomic E-state index is 2.56. The van der Waals surface area contributed by atoms with E-state index in [0.717, 1.165) is 29.9 Å². The van der Waals surface area contributed by atoms with Gasteiger partial charge in [-0.2, -0.15) is 0 Å². The molecule has 11 rings (SSSR count). The number of rotatable bonds is 7. The first-order valence-electron chi connectivity index (χ1n) is 21.8. The van der Waals surface area contributed by atoms with E-state index in [4.69, 9.17) is 0 Å². The van der Waals surface area contributed by atoms with Crippen molar-refractivity contribution in [2.45, 2.75) is 47.0 Å². The van der Waals surface area contributed by atoms with Gasteiger partial charge in [0, 0.05) is 33.2 Å². The zero-order valence-corrected chi connectivity index (χ0v) is 35.5. The third-order valence-electron chi connectivity index (χ3n) is 12.3. The number of hydrogen-bond acceptors (Lipinski definition) is 1. The smallest absolute Gasteiger partial charge is 0.0782 e. The molecule has 8 aromatic carbocycles. The molecular weight excluding hydrogens is 737 g/mol. The summed E-state index contributed by atoms with van der Waals surface area (Å²) in [4.78, 5) is 2.49. The molecule has 61 heavy (non-hydrogen) atoms. The van der Waals surface area contributed by atoms with Gasteiger partial charge in [0.05, 0.1) is 16.7 Å². The molecule has 0 saturated heterocycles. The topological polar surface area (TPSA) is 7.65 Å². The zero-order valence-electron chi connectivity index (χ0n) is 35.5. The van der Waals surface area contributed by atoms with Gasteiger partial charge in [-0.3, -0.25) is 0 Å². The van der Waals surface area contributed by atoms with E-state index in [1.54, 1.807) is 0 Å². The molecule has 1 aliphatic rings. The predicted molar refractivity (Wildman–Crippen MR) is 263 cm³/mol. The Morgan fingerprint density at radius 3 is 1.74 bits per heavy atom. The maximum absolute atomic E-state index is 2.56. The fourth-order valence-electron chi connectivity index (χ4n) is 9.56. The first-order chi connectivity index (χ1) is 30.0. The number of benzene rings is 8. The van der Waals surface area contributed by atoms with E-state index in [1.165, 1.54) is 101 Å². The molecule has 0 bridgehead atoms. The summed E-state index contributed by atoms with van der Waals surface area (Å²) < 4.78 is 2.56. The fourth-order valence-corrected chi connectivity index (χ4v) is 9.56. The van der Waals surface area contributed by atoms with Crippen LogP contribution < -0.4 is 4.90 Å². The summed E-state index contributed by atoms with van der Waals surface area (Å²) in [7, 11) is 0. The van der Waals surface area contributed by atoms with E-state index in [1.807, 2.05) is 0 Å². The van der Waals surface area contributed by atoms with Crippen LogP contribution in [0.3, 0.4) is 0 Å². The van der Waals surface area contributed by atoms with Gasteiger partial charge in [0.15, 0.2) is 0 Å². The number of anilines is 3. The third kappa shape index (κ3) is 6.69. The Bertz CT molecular complexity index is 3130. The number of para-hydroxylation sites is 2. The highest BCUT2D eigenvalue weighted by Crippen LogP contribution is 2.47. The van der Waals surface area contributed by atoms with Crippen molar-refractivity contribution >= 4 is 50.3 Å². The first kappa shape index (κ1) is 38.1. The Hall–Kier alpha value is -7.16. The van der Waals surface area contributed by atoms with Crippen molar-refractivity contribution < 1.29 is 0 Å². The van der Waals surface area contributed by atoms with Crippen molar-refractivity contribution in [3.05, 3.63) is 210 Å². The standard InChI is InChI=1S/C56H42N2.C3H8/c1-37-16-9-10-21-46(37)48-24-13-23-47(38(48)2)41-30-32-44(33-31-41)57(45-35-42(39-17-5-3-6-18-39)34-43(36-45)40-19-7-4-8-20-40)54-29-15-27-52-51-26-14-25-50-49-22-11-12-28-53(49)58(55(50)51)56(52)54;1-3-2/h3-10,12-21,23-36H,11,22H2,1-2H3;3H2,1-2H3. The van der Waals surface area contributed by atoms with E-state index in [9.17, 15) is 0 Å². The highest BCUT2D eigenvalue weighted by Gasteiger charge is 2.26. The number of nitrogens with zero attached hydrogens (tertiary/aromatic N) is 2. The van der Waals surface area contributed by atoms with Crippen molar-refractivity contribution in [3.8, 4) is 44.5 Å². The van der Waals surface area contributed by atoms with E-state index in [2.05, 4.69) is 231 Å². The number of aryl methyl sites for hydroxylation is 2. The summed E-state index contributed by atoms with van der Waals surface area (Å²) >= 11 is 0. The minimum atomic E-state index is 1.06. The van der Waals surface area contributed by atoms with Crippen LogP contribution in [-0.4, -0.2) is 4.40 Å². The Labute approximate surface area is 360 Å². The van der Waals surface area contributed by atoms with Crippen molar-refractivity contribution in [3.63, 3.8) is 0 Å². The van der Waals surface area contributed by atoms with Gasteiger partial charge < -0.3 is 9.30 Å². The lowest BCUT2D eigenvalue weighted by molar-refractivity contribution is 0.984. The second-order valence-electron chi connectivity index (χ2n) is 16.4. The average Bonchev–Trinajstić information content (AvgIpc) is 3.84. The summed E-state index contributed by atoms with van der Waals surface area (Å²) in [6, 6.07) is 67.0. The molecule has 0 aliphatic heterocycles. The van der Waals surface area contributed by atoms with E-state index < -0.39 is 0 Å². The Kier molecular flexibility index (Phi) is 10.1. The summed E-state index contributed by atoms with van der Waals surface area (Å²) in [5.41, 5.74) is 21.0. The van der Waals surface area contributed by atoms with Crippen LogP contribution >= 0.6 is 0 Å². The van der Waals surface area contributed by atoms with Gasteiger partial charge in [-0.1, -0.05) is 172 Å². The van der Waals surface area contributed by atoms with Crippen LogP contribution in [0.4, 0.5) is 17.1 Å². The number of aromatic nitrogens is 1. The largest absolute Gasteiger partial charge is 0.308 e. The Morgan fingerprint density at radius 1 is 0.475 bits per heavy atom. The highest BCUT2D eigenvalue weighted by molar-refractivity contribution is 6.19. The minimum Gasteiger partial charge on any atom is -0.308 e. The van der Waals surface area contributed by atoms with Crippen molar-refractivity contribution in [2.24, 2.45) is 0 Å². The van der Waals surface area contributed by atoms with Crippen LogP contribution in [0.25, 0.3) is 77.8 Å². The lowest BCUT2D eigenvalue weighted by Crippen LogP contribution is -2.12. The van der Waals surface area contributed by atoms with Crippen LogP contribution in [0.5, 0.6) is 0 Å². The van der Waals surface area contributed by atoms with Gasteiger partial charge in [0.2, 0.25) is 0 Å². The van der Waals surface area contributed by atoms with Crippen LogP contribution in [0, 0.1) is 13.8 Å². The highest BCUT2D eigenvalue weighted by atomic mass is 15.2. The molecule has 0 radical (unpaired) electrons. The molecule has 0 N–H and O–H groups in total. The quantitative estimate of drug-likeness (QED) is 0.156. The van der Waals surface area contributed by atoms with E-state index in [0.29, 0.717) is 0 Å². The van der Waals surface area contributed by atoms with Crippen molar-refractivity contribution in [1.29, 1.82) is 0 Å². The zero-order chi connectivity index (χ0) is 41.5. The van der Waals surface area contributed by atoms with E-state index in [-0.39, 0.29) is 0 Å². The number of allylic oxidation sites excluding steroid dienone is 1. The van der Waals surface area contributed by atoms with Crippen LogP contribution in [0.15, 0.2) is 188 Å². The first-order valence-corrected chi connectivity index (χ1v) is 21.8. The summed E-state index contributed by atoms with van der Waals surface area (Å²) in [6.07, 6.45) is 8.08. The Balaban J connectivity index is 0.00000144. The molecular formula is C59H50N2. The summed E-state index contributed by atoms with van der Waals surface area (Å²) in [5, 5.41) is 3.95. The van der Waals surface area contributed by atoms with Gasteiger partial charge in [-0.25, -0.2) is 0 Å². The average molecular weight is 787 g/mol. The summed E-state index contributed by atoms with van der Waals surface area (Å²) in [6.45, 7) is 8.71. The molecule has 2 aromatic heterocycles. The minimum absolute atomic E-state index is 1.06. The lowest BCUT2D eigenvalue weighted by atomic mass is 9.91. The molecule has 0 spiro atoms. The van der Waals surface area contributed by atoms with Crippen LogP contribution in [-0.2, 0) is 6.42 Å². The number of hydrogen-bond donors (Lipinski definition) is 0. The van der Waals surface area contributed by atoms with Gasteiger partial charge in [0.25, 0.3) is 0 Å². The molecule has 2 heteroatoms. The second-order valence-corrected chi connectivity index (χ2v) is 16.4. The van der Waals surface area contributed by atoms with Crippen LogP contribution in [0.2, 0.25) is 0 Å². The number of fused-ring (bicyclic) bond motifs is 6. The third-order valence-corrected chi connectivity index (χ3v) is 12.3. The predicted octanol–water partition coefficient (Wildman–Crippen LogP) is 16.8. The maximum Gasteiger partial charge on any atom is 0.0782 e. The molecule has 0 fully saturated rings. The van der Waals surface area contributed by atoms with Gasteiger partial charge in [0.1, 0.15) is 0 Å². The normalized spacial score (nSPS) is 12.1.